The first-order valence-corrected chi connectivity index (χ1v) is 6.03. The molecule has 0 saturated carbocycles. The molecular formula is C14H12FN3O3. The van der Waals surface area contributed by atoms with Gasteiger partial charge in [0.15, 0.2) is 0 Å². The summed E-state index contributed by atoms with van der Waals surface area (Å²) in [5.74, 6) is -2.25. The molecule has 0 aliphatic heterocycles. The summed E-state index contributed by atoms with van der Waals surface area (Å²) < 4.78 is 13.2. The van der Waals surface area contributed by atoms with Crippen LogP contribution in [0.15, 0.2) is 42.7 Å². The lowest BCUT2D eigenvalue weighted by Gasteiger charge is -2.08. The Labute approximate surface area is 119 Å². The molecule has 0 radical (unpaired) electrons. The van der Waals surface area contributed by atoms with Gasteiger partial charge in [0, 0.05) is 24.6 Å². The van der Waals surface area contributed by atoms with Gasteiger partial charge in [-0.3, -0.25) is 4.98 Å². The minimum atomic E-state index is -1.40. The van der Waals surface area contributed by atoms with Crippen LogP contribution in [0.1, 0.15) is 15.9 Å². The van der Waals surface area contributed by atoms with Crippen LogP contribution in [-0.2, 0) is 6.54 Å². The lowest BCUT2D eigenvalue weighted by Crippen LogP contribution is -2.28. The van der Waals surface area contributed by atoms with E-state index in [1.807, 2.05) is 0 Å². The molecule has 0 spiro atoms. The number of hydrogen-bond donors (Lipinski definition) is 3. The van der Waals surface area contributed by atoms with Crippen LogP contribution in [0, 0.1) is 5.82 Å². The minimum absolute atomic E-state index is 0.195. The van der Waals surface area contributed by atoms with E-state index in [0.29, 0.717) is 6.54 Å². The molecule has 0 fully saturated rings. The average molecular weight is 289 g/mol. The van der Waals surface area contributed by atoms with Gasteiger partial charge in [0.05, 0.1) is 5.56 Å². The average Bonchev–Trinajstić information content (AvgIpc) is 2.48. The molecule has 21 heavy (non-hydrogen) atoms. The number of halogens is 1. The third-order valence-electron chi connectivity index (χ3n) is 2.66. The Bertz CT molecular complexity index is 662. The third kappa shape index (κ3) is 4.00. The number of nitrogens with one attached hydrogen (secondary N) is 2. The highest BCUT2D eigenvalue weighted by molar-refractivity contribution is 5.93. The van der Waals surface area contributed by atoms with Crippen molar-refractivity contribution in [3.05, 3.63) is 59.7 Å². The van der Waals surface area contributed by atoms with E-state index < -0.39 is 23.4 Å². The number of anilines is 1. The molecule has 3 N–H and O–H groups in total. The number of hydrogen-bond acceptors (Lipinski definition) is 3. The van der Waals surface area contributed by atoms with Crippen LogP contribution in [0.4, 0.5) is 14.9 Å². The largest absolute Gasteiger partial charge is 0.478 e. The maximum atomic E-state index is 13.2. The topological polar surface area (TPSA) is 91.3 Å². The van der Waals surface area contributed by atoms with E-state index in [4.69, 9.17) is 5.11 Å². The molecule has 0 atom stereocenters. The first kappa shape index (κ1) is 14.4. The van der Waals surface area contributed by atoms with Gasteiger partial charge in [-0.25, -0.2) is 14.0 Å². The number of pyridine rings is 1. The molecular weight excluding hydrogens is 277 g/mol. The van der Waals surface area contributed by atoms with Crippen molar-refractivity contribution in [2.45, 2.75) is 6.54 Å². The summed E-state index contributed by atoms with van der Waals surface area (Å²) >= 11 is 0. The summed E-state index contributed by atoms with van der Waals surface area (Å²) in [5.41, 5.74) is 0.563. The zero-order valence-corrected chi connectivity index (χ0v) is 10.8. The number of aromatic carboxylic acids is 1. The maximum Gasteiger partial charge on any atom is 0.338 e. The number of rotatable bonds is 4. The number of urea groups is 1. The molecule has 2 amide bonds. The number of carbonyl (C=O) groups is 2. The first-order chi connectivity index (χ1) is 10.1. The molecule has 0 saturated heterocycles. The Morgan fingerprint density at radius 2 is 1.90 bits per heavy atom. The predicted molar refractivity (Wildman–Crippen MR) is 73.5 cm³/mol. The first-order valence-electron chi connectivity index (χ1n) is 6.03. The number of carbonyl (C=O) groups excluding carboxylic acids is 1. The molecule has 7 heteroatoms. The summed E-state index contributed by atoms with van der Waals surface area (Å²) in [6.07, 6.45) is 3.21. The summed E-state index contributed by atoms with van der Waals surface area (Å²) in [7, 11) is 0. The van der Waals surface area contributed by atoms with Gasteiger partial charge in [0.25, 0.3) is 0 Å². The highest BCUT2D eigenvalue weighted by atomic mass is 19.1. The van der Waals surface area contributed by atoms with E-state index >= 15 is 0 Å². The molecule has 0 aliphatic carbocycles. The summed E-state index contributed by atoms with van der Waals surface area (Å²) in [4.78, 5) is 26.3. The zero-order valence-electron chi connectivity index (χ0n) is 10.8. The molecule has 6 nitrogen and oxygen atoms in total. The van der Waals surface area contributed by atoms with E-state index in [0.717, 1.165) is 17.7 Å². The second-order valence-electron chi connectivity index (χ2n) is 4.16. The summed E-state index contributed by atoms with van der Waals surface area (Å²) in [6, 6.07) is 6.32. The smallest absolute Gasteiger partial charge is 0.338 e. The number of nitrogens with zero attached hydrogens (tertiary/aromatic N) is 1. The number of carboxylic acids is 1. The van der Waals surface area contributed by atoms with Gasteiger partial charge < -0.3 is 15.7 Å². The Morgan fingerprint density at radius 1 is 1.19 bits per heavy atom. The van der Waals surface area contributed by atoms with Gasteiger partial charge in [-0.2, -0.15) is 0 Å². The number of carboxylic acid groups (broad SMARTS) is 1. The molecule has 1 aromatic carbocycles. The second-order valence-corrected chi connectivity index (χ2v) is 4.16. The molecule has 0 aliphatic rings. The summed E-state index contributed by atoms with van der Waals surface area (Å²) in [5, 5.41) is 13.8. The van der Waals surface area contributed by atoms with Crippen molar-refractivity contribution >= 4 is 17.7 Å². The van der Waals surface area contributed by atoms with Crippen LogP contribution >= 0.6 is 0 Å². The SMILES string of the molecule is O=C(NCc1ccncc1)Nc1ccc(F)c(C(=O)O)c1. The van der Waals surface area contributed by atoms with E-state index in [9.17, 15) is 14.0 Å². The van der Waals surface area contributed by atoms with Crippen LogP contribution in [-0.4, -0.2) is 22.1 Å². The van der Waals surface area contributed by atoms with Gasteiger partial charge >= 0.3 is 12.0 Å². The quantitative estimate of drug-likeness (QED) is 0.805. The van der Waals surface area contributed by atoms with E-state index in [-0.39, 0.29) is 5.69 Å². The lowest BCUT2D eigenvalue weighted by atomic mass is 10.2. The van der Waals surface area contributed by atoms with E-state index in [1.54, 1.807) is 24.5 Å². The van der Waals surface area contributed by atoms with Gasteiger partial charge in [-0.05, 0) is 35.9 Å². The van der Waals surface area contributed by atoms with Crippen LogP contribution in [0.2, 0.25) is 0 Å². The van der Waals surface area contributed by atoms with Crippen molar-refractivity contribution in [2.75, 3.05) is 5.32 Å². The number of amides is 2. The number of aromatic nitrogens is 1. The van der Waals surface area contributed by atoms with Crippen LogP contribution in [0.5, 0.6) is 0 Å². The van der Waals surface area contributed by atoms with Gasteiger partial charge in [0.1, 0.15) is 5.82 Å². The molecule has 1 aromatic heterocycles. The number of benzene rings is 1. The van der Waals surface area contributed by atoms with E-state index in [1.165, 1.54) is 6.07 Å². The van der Waals surface area contributed by atoms with Crippen molar-refractivity contribution < 1.29 is 19.1 Å². The van der Waals surface area contributed by atoms with Crippen molar-refractivity contribution in [1.82, 2.24) is 10.3 Å². The normalized spacial score (nSPS) is 9.95. The van der Waals surface area contributed by atoms with Gasteiger partial charge in [-0.1, -0.05) is 0 Å². The van der Waals surface area contributed by atoms with Crippen molar-refractivity contribution in [1.29, 1.82) is 0 Å². The van der Waals surface area contributed by atoms with Gasteiger partial charge in [-0.15, -0.1) is 0 Å². The standard InChI is InChI=1S/C14H12FN3O3/c15-12-2-1-10(7-11(12)13(19)20)18-14(21)17-8-9-3-5-16-6-4-9/h1-7H,8H2,(H,19,20)(H2,17,18,21). The molecule has 1 heterocycles. The summed E-state index contributed by atoms with van der Waals surface area (Å²) in [6.45, 7) is 0.293. The Kier molecular flexibility index (Phi) is 4.45. The fourth-order valence-corrected chi connectivity index (χ4v) is 1.63. The highest BCUT2D eigenvalue weighted by Gasteiger charge is 2.11. The monoisotopic (exact) mass is 289 g/mol. The predicted octanol–water partition coefficient (Wildman–Crippen LogP) is 2.24. The van der Waals surface area contributed by atoms with Crippen LogP contribution < -0.4 is 10.6 Å². The molecule has 0 bridgehead atoms. The van der Waals surface area contributed by atoms with Crippen molar-refractivity contribution in [3.8, 4) is 0 Å². The van der Waals surface area contributed by atoms with Crippen LogP contribution in [0.3, 0.4) is 0 Å². The van der Waals surface area contributed by atoms with Crippen LogP contribution in [0.25, 0.3) is 0 Å². The molecule has 2 rings (SSSR count). The highest BCUT2D eigenvalue weighted by Crippen LogP contribution is 2.14. The van der Waals surface area contributed by atoms with E-state index in [2.05, 4.69) is 15.6 Å². The minimum Gasteiger partial charge on any atom is -0.478 e. The zero-order chi connectivity index (χ0) is 15.2. The lowest BCUT2D eigenvalue weighted by molar-refractivity contribution is 0.0692. The molecule has 108 valence electrons. The Balaban J connectivity index is 1.97. The Hall–Kier alpha value is -2.96. The fraction of sp³-hybridized carbons (Fsp3) is 0.0714. The third-order valence-corrected chi connectivity index (χ3v) is 2.66. The Morgan fingerprint density at radius 3 is 2.57 bits per heavy atom. The second kappa shape index (κ2) is 6.47. The molecule has 2 aromatic rings. The van der Waals surface area contributed by atoms with Crippen molar-refractivity contribution in [3.63, 3.8) is 0 Å². The maximum absolute atomic E-state index is 13.2. The van der Waals surface area contributed by atoms with Gasteiger partial charge in [0.2, 0.25) is 0 Å². The molecule has 0 unspecified atom stereocenters. The fourth-order valence-electron chi connectivity index (χ4n) is 1.63. The van der Waals surface area contributed by atoms with Crippen molar-refractivity contribution in [2.24, 2.45) is 0 Å².